The van der Waals surface area contributed by atoms with Gasteiger partial charge in [-0.05, 0) is 6.07 Å². The van der Waals surface area contributed by atoms with E-state index in [0.717, 1.165) is 15.8 Å². The highest BCUT2D eigenvalue weighted by Crippen LogP contribution is 2.13. The van der Waals surface area contributed by atoms with Gasteiger partial charge in [-0.25, -0.2) is 4.98 Å². The number of hydrogen-bond donors (Lipinski definition) is 2. The van der Waals surface area contributed by atoms with Crippen LogP contribution < -0.4 is 0 Å². The predicted molar refractivity (Wildman–Crippen MR) is 43.3 cm³/mol. The fraction of sp³-hybridized carbons (Fsp3) is 0. The van der Waals surface area contributed by atoms with Crippen LogP contribution in [0.25, 0.3) is 10.8 Å². The van der Waals surface area contributed by atoms with Crippen molar-refractivity contribution >= 4 is 23.4 Å². The molecule has 0 saturated heterocycles. The highest BCUT2D eigenvalue weighted by molar-refractivity contribution is 7.80. The lowest BCUT2D eigenvalue weighted by molar-refractivity contribution is 1.17. The number of hydrogen-bond acceptors (Lipinski definition) is 2. The quantitative estimate of drug-likeness (QED) is 0.551. The molecule has 0 aliphatic carbocycles. The van der Waals surface area contributed by atoms with Gasteiger partial charge in [0, 0.05) is 29.4 Å². The standard InChI is InChI=1S/C7H6N2S/c10-7-1-5-2-8-3-6(5)4-9-7/h1-4,8,10H. The van der Waals surface area contributed by atoms with Gasteiger partial charge in [0.05, 0.1) is 5.03 Å². The number of rotatable bonds is 0. The van der Waals surface area contributed by atoms with Gasteiger partial charge >= 0.3 is 0 Å². The molecule has 0 unspecified atom stereocenters. The van der Waals surface area contributed by atoms with Gasteiger partial charge < -0.3 is 4.98 Å². The van der Waals surface area contributed by atoms with E-state index in [0.29, 0.717) is 0 Å². The first-order chi connectivity index (χ1) is 4.86. The summed E-state index contributed by atoms with van der Waals surface area (Å²) < 4.78 is 0. The van der Waals surface area contributed by atoms with E-state index in [1.165, 1.54) is 0 Å². The van der Waals surface area contributed by atoms with Crippen LogP contribution in [0, 0.1) is 0 Å². The second-order valence-corrected chi connectivity index (χ2v) is 2.58. The van der Waals surface area contributed by atoms with Gasteiger partial charge in [0.1, 0.15) is 0 Å². The summed E-state index contributed by atoms with van der Waals surface area (Å²) in [5.74, 6) is 0. The third-order valence-corrected chi connectivity index (χ3v) is 1.68. The monoisotopic (exact) mass is 150 g/mol. The van der Waals surface area contributed by atoms with E-state index in [9.17, 15) is 0 Å². The van der Waals surface area contributed by atoms with Crippen LogP contribution in [0.15, 0.2) is 29.7 Å². The lowest BCUT2D eigenvalue weighted by atomic mass is 10.3. The first-order valence-corrected chi connectivity index (χ1v) is 3.42. The Balaban J connectivity index is 2.86. The lowest BCUT2D eigenvalue weighted by Crippen LogP contribution is -1.71. The highest BCUT2D eigenvalue weighted by atomic mass is 32.1. The molecule has 0 radical (unpaired) electrons. The Bertz CT molecular complexity index is 353. The van der Waals surface area contributed by atoms with Crippen molar-refractivity contribution in [2.75, 3.05) is 0 Å². The molecule has 3 heteroatoms. The third-order valence-electron chi connectivity index (χ3n) is 1.43. The highest BCUT2D eigenvalue weighted by Gasteiger charge is 1.92. The molecule has 2 rings (SSSR count). The number of fused-ring (bicyclic) bond motifs is 1. The molecule has 2 heterocycles. The van der Waals surface area contributed by atoms with E-state index < -0.39 is 0 Å². The number of nitrogens with one attached hydrogen (secondary N) is 1. The van der Waals surface area contributed by atoms with Crippen molar-refractivity contribution in [3.63, 3.8) is 0 Å². The van der Waals surface area contributed by atoms with Crippen molar-refractivity contribution in [1.29, 1.82) is 0 Å². The van der Waals surface area contributed by atoms with E-state index in [1.54, 1.807) is 6.20 Å². The van der Waals surface area contributed by atoms with Crippen LogP contribution in [-0.4, -0.2) is 9.97 Å². The van der Waals surface area contributed by atoms with Crippen LogP contribution in [0.2, 0.25) is 0 Å². The van der Waals surface area contributed by atoms with E-state index in [1.807, 2.05) is 18.5 Å². The topological polar surface area (TPSA) is 28.7 Å². The maximum Gasteiger partial charge on any atom is 0.0936 e. The van der Waals surface area contributed by atoms with Crippen LogP contribution in [0.5, 0.6) is 0 Å². The summed E-state index contributed by atoms with van der Waals surface area (Å²) in [4.78, 5) is 7.01. The molecule has 0 fully saturated rings. The molecule has 0 bridgehead atoms. The van der Waals surface area contributed by atoms with Crippen LogP contribution >= 0.6 is 12.6 Å². The summed E-state index contributed by atoms with van der Waals surface area (Å²) in [5, 5.41) is 3.03. The number of thiol groups is 1. The van der Waals surface area contributed by atoms with Crippen molar-refractivity contribution in [2.24, 2.45) is 0 Å². The van der Waals surface area contributed by atoms with Crippen molar-refractivity contribution in [1.82, 2.24) is 9.97 Å². The zero-order chi connectivity index (χ0) is 6.97. The molecule has 0 atom stereocenters. The molecule has 0 amide bonds. The smallest absolute Gasteiger partial charge is 0.0936 e. The van der Waals surface area contributed by atoms with E-state index in [-0.39, 0.29) is 0 Å². The number of aromatic nitrogens is 2. The van der Waals surface area contributed by atoms with Gasteiger partial charge in [-0.3, -0.25) is 0 Å². The Morgan fingerprint density at radius 1 is 1.30 bits per heavy atom. The zero-order valence-electron chi connectivity index (χ0n) is 5.20. The first-order valence-electron chi connectivity index (χ1n) is 2.98. The zero-order valence-corrected chi connectivity index (χ0v) is 6.10. The summed E-state index contributed by atoms with van der Waals surface area (Å²) in [7, 11) is 0. The summed E-state index contributed by atoms with van der Waals surface area (Å²) in [6, 6.07) is 1.93. The Kier molecular flexibility index (Phi) is 1.17. The van der Waals surface area contributed by atoms with Crippen LogP contribution in [0.3, 0.4) is 0 Å². The van der Waals surface area contributed by atoms with Crippen molar-refractivity contribution in [3.05, 3.63) is 24.7 Å². The lowest BCUT2D eigenvalue weighted by Gasteiger charge is -1.88. The minimum absolute atomic E-state index is 0.757. The Morgan fingerprint density at radius 3 is 3.00 bits per heavy atom. The summed E-state index contributed by atoms with van der Waals surface area (Å²) in [5.41, 5.74) is 0. The second-order valence-electron chi connectivity index (χ2n) is 2.13. The fourth-order valence-electron chi connectivity index (χ4n) is 0.937. The van der Waals surface area contributed by atoms with Gasteiger partial charge in [0.2, 0.25) is 0 Å². The van der Waals surface area contributed by atoms with Crippen LogP contribution in [0.1, 0.15) is 0 Å². The van der Waals surface area contributed by atoms with Crippen molar-refractivity contribution in [2.45, 2.75) is 5.03 Å². The maximum absolute atomic E-state index is 4.11. The number of pyridine rings is 1. The largest absolute Gasteiger partial charge is 0.366 e. The van der Waals surface area contributed by atoms with Gasteiger partial charge in [-0.1, -0.05) is 0 Å². The third kappa shape index (κ3) is 0.789. The summed E-state index contributed by atoms with van der Waals surface area (Å²) >= 11 is 4.11. The Morgan fingerprint density at radius 2 is 2.10 bits per heavy atom. The van der Waals surface area contributed by atoms with Crippen molar-refractivity contribution in [3.8, 4) is 0 Å². The first kappa shape index (κ1) is 5.80. The van der Waals surface area contributed by atoms with Crippen LogP contribution in [-0.2, 0) is 0 Å². The SMILES string of the molecule is Sc1cc2c[nH]cc2cn1. The molecule has 10 heavy (non-hydrogen) atoms. The van der Waals surface area contributed by atoms with Gasteiger partial charge in [-0.2, -0.15) is 0 Å². The van der Waals surface area contributed by atoms with Crippen LogP contribution in [0.4, 0.5) is 0 Å². The Labute approximate surface area is 63.7 Å². The number of nitrogens with zero attached hydrogens (tertiary/aromatic N) is 1. The summed E-state index contributed by atoms with van der Waals surface area (Å²) in [6.45, 7) is 0. The molecule has 0 aromatic carbocycles. The van der Waals surface area contributed by atoms with Gasteiger partial charge in [0.25, 0.3) is 0 Å². The van der Waals surface area contributed by atoms with Crippen molar-refractivity contribution < 1.29 is 0 Å². The molecule has 0 spiro atoms. The molecular weight excluding hydrogens is 144 g/mol. The molecule has 2 aromatic rings. The number of aromatic amines is 1. The summed E-state index contributed by atoms with van der Waals surface area (Å²) in [6.07, 6.45) is 5.64. The molecule has 50 valence electrons. The molecular formula is C7H6N2S. The molecule has 0 aliphatic heterocycles. The van der Waals surface area contributed by atoms with E-state index >= 15 is 0 Å². The van der Waals surface area contributed by atoms with Gasteiger partial charge in [0.15, 0.2) is 0 Å². The average Bonchev–Trinajstić information content (AvgIpc) is 2.33. The minimum atomic E-state index is 0.757. The fourth-order valence-corrected chi connectivity index (χ4v) is 1.13. The number of H-pyrrole nitrogens is 1. The second kappa shape index (κ2) is 2.02. The van der Waals surface area contributed by atoms with E-state index in [4.69, 9.17) is 0 Å². The normalized spacial score (nSPS) is 10.5. The maximum atomic E-state index is 4.11. The van der Waals surface area contributed by atoms with Gasteiger partial charge in [-0.15, -0.1) is 12.6 Å². The minimum Gasteiger partial charge on any atom is -0.366 e. The molecule has 1 N–H and O–H groups in total. The predicted octanol–water partition coefficient (Wildman–Crippen LogP) is 1.85. The Hall–Kier alpha value is -0.960. The molecule has 0 saturated carbocycles. The average molecular weight is 150 g/mol. The molecule has 2 nitrogen and oxygen atoms in total. The van der Waals surface area contributed by atoms with E-state index in [2.05, 4.69) is 22.6 Å². The molecule has 2 aromatic heterocycles. The molecule has 0 aliphatic rings.